The summed E-state index contributed by atoms with van der Waals surface area (Å²) < 4.78 is 13.3. The minimum atomic E-state index is 0.577. The lowest BCUT2D eigenvalue weighted by Gasteiger charge is -2.10. The number of hydrogen-bond donors (Lipinski definition) is 0. The zero-order valence-corrected chi connectivity index (χ0v) is 33.4. The van der Waals surface area contributed by atoms with Crippen LogP contribution in [0.4, 0.5) is 0 Å². The van der Waals surface area contributed by atoms with Gasteiger partial charge in [0.2, 0.25) is 0 Å². The van der Waals surface area contributed by atoms with E-state index in [1.807, 2.05) is 54.6 Å². The molecule has 0 saturated heterocycles. The fourth-order valence-corrected chi connectivity index (χ4v) is 8.81. The largest absolute Gasteiger partial charge is 0.456 e. The highest BCUT2D eigenvalue weighted by Gasteiger charge is 2.20. The molecular formula is C57H35N3O2. The number of furan rings is 2. The third kappa shape index (κ3) is 6.06. The average molecular weight is 794 g/mol. The second-order valence-electron chi connectivity index (χ2n) is 15.5. The highest BCUT2D eigenvalue weighted by atomic mass is 16.3. The van der Waals surface area contributed by atoms with Crippen LogP contribution in [-0.4, -0.2) is 15.0 Å². The van der Waals surface area contributed by atoms with Crippen LogP contribution in [0.5, 0.6) is 0 Å². The van der Waals surface area contributed by atoms with Gasteiger partial charge in [0, 0.05) is 49.4 Å². The number of benzene rings is 9. The van der Waals surface area contributed by atoms with E-state index >= 15 is 0 Å². The van der Waals surface area contributed by atoms with Crippen LogP contribution >= 0.6 is 0 Å². The third-order valence-corrected chi connectivity index (χ3v) is 11.8. The second kappa shape index (κ2) is 14.7. The Morgan fingerprint density at radius 2 is 0.742 bits per heavy atom. The first-order chi connectivity index (χ1) is 30.7. The molecule has 62 heavy (non-hydrogen) atoms. The first-order valence-electron chi connectivity index (χ1n) is 20.8. The summed E-state index contributed by atoms with van der Waals surface area (Å²) in [7, 11) is 0. The van der Waals surface area contributed by atoms with Crippen molar-refractivity contribution < 1.29 is 8.83 Å². The summed E-state index contributed by atoms with van der Waals surface area (Å²) in [4.78, 5) is 15.4. The van der Waals surface area contributed by atoms with Gasteiger partial charge in [0.15, 0.2) is 17.5 Å². The predicted octanol–water partition coefficient (Wildman–Crippen LogP) is 15.3. The molecule has 0 bridgehead atoms. The molecule has 12 aromatic rings. The van der Waals surface area contributed by atoms with Gasteiger partial charge in [0.25, 0.3) is 0 Å². The van der Waals surface area contributed by atoms with Crippen LogP contribution in [0, 0.1) is 0 Å². The summed E-state index contributed by atoms with van der Waals surface area (Å²) in [6.45, 7) is 0. The molecule has 0 aliphatic rings. The molecule has 0 saturated carbocycles. The maximum absolute atomic E-state index is 6.91. The second-order valence-corrected chi connectivity index (χ2v) is 15.5. The molecule has 3 aromatic heterocycles. The summed E-state index contributed by atoms with van der Waals surface area (Å²) >= 11 is 0. The van der Waals surface area contributed by atoms with Crippen molar-refractivity contribution in [2.24, 2.45) is 0 Å². The number of nitrogens with zero attached hydrogens (tertiary/aromatic N) is 3. The fourth-order valence-electron chi connectivity index (χ4n) is 8.81. The number of hydrogen-bond acceptors (Lipinski definition) is 5. The van der Waals surface area contributed by atoms with E-state index in [-0.39, 0.29) is 0 Å². The van der Waals surface area contributed by atoms with Gasteiger partial charge >= 0.3 is 0 Å². The normalized spacial score (nSPS) is 11.5. The topological polar surface area (TPSA) is 65.0 Å². The lowest BCUT2D eigenvalue weighted by Crippen LogP contribution is -2.00. The maximum atomic E-state index is 6.91. The Balaban J connectivity index is 0.970. The molecular weight excluding hydrogens is 759 g/mol. The molecule has 5 nitrogen and oxygen atoms in total. The van der Waals surface area contributed by atoms with Gasteiger partial charge in [-0.25, -0.2) is 15.0 Å². The molecule has 5 heteroatoms. The molecule has 3 heterocycles. The Labute approximate surface area is 357 Å². The average Bonchev–Trinajstić information content (AvgIpc) is 3.93. The summed E-state index contributed by atoms with van der Waals surface area (Å²) in [5.74, 6) is 1.76. The van der Waals surface area contributed by atoms with Crippen LogP contribution in [0.15, 0.2) is 221 Å². The van der Waals surface area contributed by atoms with Crippen molar-refractivity contribution in [3.8, 4) is 78.7 Å². The fraction of sp³-hybridized carbons (Fsp3) is 0. The number of rotatable bonds is 7. The summed E-state index contributed by atoms with van der Waals surface area (Å²) in [6, 6.07) is 73.3. The maximum Gasteiger partial charge on any atom is 0.164 e. The Morgan fingerprint density at radius 3 is 1.45 bits per heavy atom. The monoisotopic (exact) mass is 793 g/mol. The van der Waals surface area contributed by atoms with Crippen molar-refractivity contribution in [1.82, 2.24) is 15.0 Å². The van der Waals surface area contributed by atoms with Crippen molar-refractivity contribution in [3.05, 3.63) is 212 Å². The molecule has 0 spiro atoms. The number of fused-ring (bicyclic) bond motifs is 6. The zero-order valence-electron chi connectivity index (χ0n) is 33.4. The minimum Gasteiger partial charge on any atom is -0.456 e. The predicted molar refractivity (Wildman–Crippen MR) is 252 cm³/mol. The van der Waals surface area contributed by atoms with Gasteiger partial charge in [-0.05, 0) is 51.6 Å². The molecule has 12 rings (SSSR count). The quantitative estimate of drug-likeness (QED) is 0.161. The minimum absolute atomic E-state index is 0.577. The lowest BCUT2D eigenvalue weighted by molar-refractivity contribution is 0.669. The molecule has 0 aliphatic heterocycles. The molecule has 290 valence electrons. The first kappa shape index (κ1) is 35.5. The van der Waals surface area contributed by atoms with Crippen molar-refractivity contribution >= 4 is 43.9 Å². The van der Waals surface area contributed by atoms with Crippen LogP contribution in [0.1, 0.15) is 0 Å². The van der Waals surface area contributed by atoms with E-state index in [1.54, 1.807) is 0 Å². The van der Waals surface area contributed by atoms with E-state index < -0.39 is 0 Å². The SMILES string of the molecule is c1ccc(-c2ccc3oc4cccc(-c5nc(-c6ccccc6)nc(-c6ccc(-c7cccc8c7oc7c(-c9ccccc9-c9ccccc9)cccc78)cc6)n5)c4c3c2)cc1. The van der Waals surface area contributed by atoms with Crippen LogP contribution in [0.2, 0.25) is 0 Å². The van der Waals surface area contributed by atoms with Crippen molar-refractivity contribution in [2.75, 3.05) is 0 Å². The Kier molecular flexibility index (Phi) is 8.42. The van der Waals surface area contributed by atoms with Crippen LogP contribution in [0.25, 0.3) is 123 Å². The van der Waals surface area contributed by atoms with E-state index in [9.17, 15) is 0 Å². The highest BCUT2D eigenvalue weighted by molar-refractivity contribution is 6.14. The Hall–Kier alpha value is -8.41. The number of aromatic nitrogens is 3. The smallest absolute Gasteiger partial charge is 0.164 e. The highest BCUT2D eigenvalue weighted by Crippen LogP contribution is 2.43. The molecule has 0 atom stereocenters. The molecule has 0 radical (unpaired) electrons. The van der Waals surface area contributed by atoms with Crippen molar-refractivity contribution in [3.63, 3.8) is 0 Å². The summed E-state index contributed by atoms with van der Waals surface area (Å²) in [5.41, 5.74) is 14.8. The molecule has 9 aromatic carbocycles. The molecule has 0 N–H and O–H groups in total. The van der Waals surface area contributed by atoms with Gasteiger partial charge < -0.3 is 8.83 Å². The van der Waals surface area contributed by atoms with Crippen LogP contribution < -0.4 is 0 Å². The Morgan fingerprint density at radius 1 is 0.258 bits per heavy atom. The van der Waals surface area contributed by atoms with Crippen molar-refractivity contribution in [1.29, 1.82) is 0 Å². The van der Waals surface area contributed by atoms with Gasteiger partial charge in [-0.15, -0.1) is 0 Å². The molecule has 0 amide bonds. The van der Waals surface area contributed by atoms with E-state index in [1.165, 1.54) is 11.1 Å². The molecule has 0 fully saturated rings. The Bertz CT molecular complexity index is 3610. The van der Waals surface area contributed by atoms with Crippen molar-refractivity contribution in [2.45, 2.75) is 0 Å². The first-order valence-corrected chi connectivity index (χ1v) is 20.8. The number of para-hydroxylation sites is 2. The van der Waals surface area contributed by atoms with E-state index in [2.05, 4.69) is 158 Å². The van der Waals surface area contributed by atoms with Gasteiger partial charge in [-0.1, -0.05) is 194 Å². The third-order valence-electron chi connectivity index (χ3n) is 11.8. The lowest BCUT2D eigenvalue weighted by atomic mass is 9.93. The van der Waals surface area contributed by atoms with Gasteiger partial charge in [0.05, 0.1) is 0 Å². The zero-order chi connectivity index (χ0) is 41.0. The standard InChI is InChI=1S/C57H35N3O2/c1-4-15-36(16-5-1)41-33-34-50-49(35-41)52-48(27-14-28-51(52)61-50)57-59-55(39-19-8-3-9-20-39)58-56(60-57)40-31-29-38(30-32-40)43-23-12-25-46-47-26-13-24-45(54(47)62-53(43)46)44-22-11-10-21-42(44)37-17-6-2-7-18-37/h1-35H. The van der Waals surface area contributed by atoms with E-state index in [4.69, 9.17) is 23.8 Å². The van der Waals surface area contributed by atoms with Gasteiger partial charge in [0.1, 0.15) is 22.3 Å². The summed E-state index contributed by atoms with van der Waals surface area (Å²) in [5, 5.41) is 4.14. The van der Waals surface area contributed by atoms with E-state index in [0.717, 1.165) is 93.9 Å². The van der Waals surface area contributed by atoms with Gasteiger partial charge in [-0.3, -0.25) is 0 Å². The summed E-state index contributed by atoms with van der Waals surface area (Å²) in [6.07, 6.45) is 0. The van der Waals surface area contributed by atoms with Gasteiger partial charge in [-0.2, -0.15) is 0 Å². The molecule has 0 unspecified atom stereocenters. The van der Waals surface area contributed by atoms with Crippen LogP contribution in [0.3, 0.4) is 0 Å². The van der Waals surface area contributed by atoms with Crippen LogP contribution in [-0.2, 0) is 0 Å². The van der Waals surface area contributed by atoms with E-state index in [0.29, 0.717) is 17.5 Å². The molecule has 0 aliphatic carbocycles.